The maximum Gasteiger partial charge on any atom is 0.150 e. The Morgan fingerprint density at radius 3 is 2.27 bits per heavy atom. The molecule has 0 N–H and O–H groups in total. The van der Waals surface area contributed by atoms with Crippen LogP contribution >= 0.6 is 0 Å². The van der Waals surface area contributed by atoms with Crippen LogP contribution in [-0.4, -0.2) is 17.6 Å². The van der Waals surface area contributed by atoms with E-state index < -0.39 is 0 Å². The first-order chi connectivity index (χ1) is 7.29. The smallest absolute Gasteiger partial charge is 0.150 e. The zero-order valence-corrected chi connectivity index (χ0v) is 9.27. The second-order valence-electron chi connectivity index (χ2n) is 3.81. The Balaban J connectivity index is 2.32. The third kappa shape index (κ3) is 1.84. The van der Waals surface area contributed by atoms with E-state index in [2.05, 4.69) is 31.0 Å². The number of aliphatic imine (C=N–C) groups is 2. The third-order valence-electron chi connectivity index (χ3n) is 2.96. The largest absolute Gasteiger partial charge is 0.261 e. The summed E-state index contributed by atoms with van der Waals surface area (Å²) in [4.78, 5) is 9.25. The van der Waals surface area contributed by atoms with Crippen LogP contribution in [0.15, 0.2) is 40.3 Å². The normalized spacial score (nSPS) is 17.9. The minimum absolute atomic E-state index is 0.189. The second kappa shape index (κ2) is 3.97. The summed E-state index contributed by atoms with van der Waals surface area (Å²) < 4.78 is 0. The minimum Gasteiger partial charge on any atom is -0.261 e. The van der Waals surface area contributed by atoms with Crippen LogP contribution in [0, 0.1) is 0 Å². The van der Waals surface area contributed by atoms with Crippen LogP contribution in [0.2, 0.25) is 0 Å². The average Bonchev–Trinajstić information content (AvgIpc) is 2.75. The van der Waals surface area contributed by atoms with Crippen molar-refractivity contribution in [3.05, 3.63) is 35.9 Å². The first-order valence-corrected chi connectivity index (χ1v) is 5.50. The molecule has 0 saturated carbocycles. The minimum atomic E-state index is -0.189. The number of hydrogen-bond acceptors (Lipinski definition) is 2. The van der Waals surface area contributed by atoms with E-state index in [0.29, 0.717) is 0 Å². The van der Waals surface area contributed by atoms with E-state index in [4.69, 9.17) is 4.99 Å². The van der Waals surface area contributed by atoms with Crippen LogP contribution in [-0.2, 0) is 0 Å². The molecule has 1 aliphatic rings. The Morgan fingerprint density at radius 1 is 1.07 bits per heavy atom. The van der Waals surface area contributed by atoms with Gasteiger partial charge in [0.15, 0.2) is 0 Å². The molecule has 2 heteroatoms. The van der Waals surface area contributed by atoms with Gasteiger partial charge in [-0.2, -0.15) is 0 Å². The van der Waals surface area contributed by atoms with Crippen molar-refractivity contribution in [2.24, 2.45) is 9.98 Å². The lowest BCUT2D eigenvalue weighted by atomic mass is 10.1. The van der Waals surface area contributed by atoms with E-state index in [9.17, 15) is 0 Å². The van der Waals surface area contributed by atoms with Crippen LogP contribution in [0.5, 0.6) is 0 Å². The molecule has 1 aromatic rings. The van der Waals surface area contributed by atoms with Crippen molar-refractivity contribution < 1.29 is 0 Å². The highest BCUT2D eigenvalue weighted by molar-refractivity contribution is 6.39. The van der Waals surface area contributed by atoms with E-state index in [1.54, 1.807) is 0 Å². The van der Waals surface area contributed by atoms with Gasteiger partial charge in [-0.15, -0.1) is 0 Å². The van der Waals surface area contributed by atoms with Gasteiger partial charge < -0.3 is 0 Å². The topological polar surface area (TPSA) is 24.7 Å². The van der Waals surface area contributed by atoms with Crippen molar-refractivity contribution in [2.45, 2.75) is 32.4 Å². The first kappa shape index (κ1) is 10.1. The quantitative estimate of drug-likeness (QED) is 0.716. The number of benzene rings is 1. The summed E-state index contributed by atoms with van der Waals surface area (Å²) >= 11 is 0. The zero-order chi connectivity index (χ0) is 10.7. The van der Waals surface area contributed by atoms with E-state index in [-0.39, 0.29) is 5.66 Å². The highest BCUT2D eigenvalue weighted by Gasteiger charge is 2.27. The van der Waals surface area contributed by atoms with E-state index in [0.717, 1.165) is 24.1 Å². The monoisotopic (exact) mass is 200 g/mol. The molecule has 2 nitrogen and oxygen atoms in total. The molecule has 0 amide bonds. The van der Waals surface area contributed by atoms with Crippen LogP contribution in [0.3, 0.4) is 0 Å². The summed E-state index contributed by atoms with van der Waals surface area (Å²) in [6.07, 6.45) is 3.84. The standard InChI is InChI=1S/C13H16N2/c1-3-13(4-2)14-10-12(15-13)11-8-6-5-7-9-11/h5-10H,3-4H2,1-2H3. The van der Waals surface area contributed by atoms with Crippen molar-refractivity contribution in [2.75, 3.05) is 0 Å². The molecule has 0 radical (unpaired) electrons. The molecule has 1 aromatic carbocycles. The van der Waals surface area contributed by atoms with Gasteiger partial charge in [-0.3, -0.25) is 9.98 Å². The third-order valence-corrected chi connectivity index (χ3v) is 2.96. The molecule has 0 fully saturated rings. The molecule has 1 heterocycles. The zero-order valence-electron chi connectivity index (χ0n) is 9.27. The summed E-state index contributed by atoms with van der Waals surface area (Å²) in [7, 11) is 0. The van der Waals surface area contributed by atoms with Gasteiger partial charge in [0.05, 0.1) is 11.9 Å². The molecular formula is C13H16N2. The summed E-state index contributed by atoms with van der Waals surface area (Å²) in [6, 6.07) is 10.2. The Bertz CT molecular complexity index is 386. The highest BCUT2D eigenvalue weighted by atomic mass is 15.1. The summed E-state index contributed by atoms with van der Waals surface area (Å²) in [6.45, 7) is 4.27. The van der Waals surface area contributed by atoms with E-state index in [1.165, 1.54) is 0 Å². The van der Waals surface area contributed by atoms with Crippen molar-refractivity contribution in [3.63, 3.8) is 0 Å². The lowest BCUT2D eigenvalue weighted by Gasteiger charge is -2.18. The number of rotatable bonds is 3. The molecular weight excluding hydrogens is 184 g/mol. The molecule has 0 atom stereocenters. The Hall–Kier alpha value is -1.44. The van der Waals surface area contributed by atoms with Gasteiger partial charge >= 0.3 is 0 Å². The van der Waals surface area contributed by atoms with Gasteiger partial charge in [-0.05, 0) is 12.8 Å². The van der Waals surface area contributed by atoms with Crippen molar-refractivity contribution >= 4 is 11.9 Å². The lowest BCUT2D eigenvalue weighted by Crippen LogP contribution is -2.18. The summed E-state index contributed by atoms with van der Waals surface area (Å²) in [5, 5.41) is 0. The number of nitrogens with zero attached hydrogens (tertiary/aromatic N) is 2. The molecule has 0 aromatic heterocycles. The maximum absolute atomic E-state index is 4.72. The summed E-state index contributed by atoms with van der Waals surface area (Å²) in [5.74, 6) is 0. The van der Waals surface area contributed by atoms with Gasteiger partial charge in [0.2, 0.25) is 0 Å². The van der Waals surface area contributed by atoms with Gasteiger partial charge in [0, 0.05) is 5.56 Å². The fourth-order valence-corrected chi connectivity index (χ4v) is 1.80. The Kier molecular flexibility index (Phi) is 2.67. The first-order valence-electron chi connectivity index (χ1n) is 5.50. The predicted molar refractivity (Wildman–Crippen MR) is 64.8 cm³/mol. The van der Waals surface area contributed by atoms with Crippen LogP contribution in [0.1, 0.15) is 32.3 Å². The molecule has 1 aliphatic heterocycles. The van der Waals surface area contributed by atoms with Crippen molar-refractivity contribution in [1.82, 2.24) is 0 Å². The molecule has 78 valence electrons. The molecule has 15 heavy (non-hydrogen) atoms. The molecule has 0 bridgehead atoms. The molecule has 0 spiro atoms. The van der Waals surface area contributed by atoms with Crippen LogP contribution in [0.4, 0.5) is 0 Å². The van der Waals surface area contributed by atoms with Gasteiger partial charge in [-0.25, -0.2) is 0 Å². The van der Waals surface area contributed by atoms with Gasteiger partial charge in [0.1, 0.15) is 5.66 Å². The fraction of sp³-hybridized carbons (Fsp3) is 0.385. The van der Waals surface area contributed by atoms with E-state index >= 15 is 0 Å². The molecule has 0 unspecified atom stereocenters. The van der Waals surface area contributed by atoms with Crippen LogP contribution < -0.4 is 0 Å². The fourth-order valence-electron chi connectivity index (χ4n) is 1.80. The molecule has 0 aliphatic carbocycles. The van der Waals surface area contributed by atoms with Crippen molar-refractivity contribution in [3.8, 4) is 0 Å². The number of hydrogen-bond donors (Lipinski definition) is 0. The SMILES string of the molecule is CCC1(CC)N=CC(c2ccccc2)=N1. The van der Waals surface area contributed by atoms with Gasteiger partial charge in [-0.1, -0.05) is 44.2 Å². The lowest BCUT2D eigenvalue weighted by molar-refractivity contribution is 0.429. The summed E-state index contributed by atoms with van der Waals surface area (Å²) in [5.41, 5.74) is 1.98. The van der Waals surface area contributed by atoms with E-state index in [1.807, 2.05) is 24.4 Å². The Morgan fingerprint density at radius 2 is 1.73 bits per heavy atom. The second-order valence-corrected chi connectivity index (χ2v) is 3.81. The molecule has 2 rings (SSSR count). The average molecular weight is 200 g/mol. The predicted octanol–water partition coefficient (Wildman–Crippen LogP) is 3.08. The molecule has 0 saturated heterocycles. The van der Waals surface area contributed by atoms with Crippen molar-refractivity contribution in [1.29, 1.82) is 0 Å². The highest BCUT2D eigenvalue weighted by Crippen LogP contribution is 2.26. The maximum atomic E-state index is 4.72. The van der Waals surface area contributed by atoms with Crippen LogP contribution in [0.25, 0.3) is 0 Å². The van der Waals surface area contributed by atoms with Gasteiger partial charge in [0.25, 0.3) is 0 Å². The Labute approximate surface area is 90.8 Å².